The normalized spacial score (nSPS) is 18.3. The second kappa shape index (κ2) is 10.4. The van der Waals surface area contributed by atoms with Gasteiger partial charge in [-0.2, -0.15) is 0 Å². The summed E-state index contributed by atoms with van der Waals surface area (Å²) in [6.45, 7) is 2.51. The molecule has 1 fully saturated rings. The molecule has 3 aromatic rings. The zero-order valence-corrected chi connectivity index (χ0v) is 18.1. The Kier molecular flexibility index (Phi) is 7.30. The van der Waals surface area contributed by atoms with Crippen LogP contribution in [0.15, 0.2) is 54.6 Å². The predicted octanol–water partition coefficient (Wildman–Crippen LogP) is 6.86. The molecule has 174 valence electrons. The number of hydrogen-bond donors (Lipinski definition) is 0. The fourth-order valence-electron chi connectivity index (χ4n) is 3.64. The van der Waals surface area contributed by atoms with Gasteiger partial charge >= 0.3 is 0 Å². The summed E-state index contributed by atoms with van der Waals surface area (Å²) in [4.78, 5) is 0. The van der Waals surface area contributed by atoms with Crippen LogP contribution in [0.1, 0.15) is 25.2 Å². The molecule has 1 heterocycles. The molecule has 1 aliphatic rings. The third-order valence-corrected chi connectivity index (χ3v) is 5.38. The Labute approximate surface area is 189 Å². The van der Waals surface area contributed by atoms with Crippen molar-refractivity contribution in [3.8, 4) is 28.0 Å². The molecule has 33 heavy (non-hydrogen) atoms. The second-order valence-corrected chi connectivity index (χ2v) is 8.08. The van der Waals surface area contributed by atoms with Crippen LogP contribution in [-0.2, 0) is 9.47 Å². The van der Waals surface area contributed by atoms with Crippen molar-refractivity contribution in [2.75, 3.05) is 26.5 Å². The number of halogens is 4. The van der Waals surface area contributed by atoms with Crippen molar-refractivity contribution in [2.45, 2.75) is 19.6 Å². The van der Waals surface area contributed by atoms with Crippen molar-refractivity contribution in [2.24, 2.45) is 5.92 Å². The Morgan fingerprint density at radius 3 is 2.03 bits per heavy atom. The zero-order chi connectivity index (χ0) is 23.4. The van der Waals surface area contributed by atoms with Crippen molar-refractivity contribution >= 4 is 0 Å². The molecule has 0 aromatic heterocycles. The van der Waals surface area contributed by atoms with Gasteiger partial charge in [0.2, 0.25) is 0 Å². The lowest BCUT2D eigenvalue weighted by atomic mass is 9.98. The monoisotopic (exact) mass is 460 g/mol. The minimum Gasteiger partial charge on any atom is -0.488 e. The van der Waals surface area contributed by atoms with E-state index in [1.807, 2.05) is 24.3 Å². The lowest BCUT2D eigenvalue weighted by Gasteiger charge is -2.27. The van der Waals surface area contributed by atoms with Crippen LogP contribution >= 0.6 is 0 Å². The Hall–Kier alpha value is -2.90. The summed E-state index contributed by atoms with van der Waals surface area (Å²) in [6.07, 6.45) is -0.388. The number of benzene rings is 3. The summed E-state index contributed by atoms with van der Waals surface area (Å²) in [5, 5.41) is 0. The molecule has 0 bridgehead atoms. The lowest BCUT2D eigenvalue weighted by molar-refractivity contribution is -0.202. The van der Waals surface area contributed by atoms with E-state index >= 15 is 0 Å². The van der Waals surface area contributed by atoms with Gasteiger partial charge in [0.25, 0.3) is 0 Å². The Bertz CT molecular complexity index is 1070. The third kappa shape index (κ3) is 5.37. The van der Waals surface area contributed by atoms with Gasteiger partial charge in [0, 0.05) is 23.5 Å². The van der Waals surface area contributed by atoms with Gasteiger partial charge in [0.05, 0.1) is 26.5 Å². The maximum absolute atomic E-state index is 14.9. The van der Waals surface area contributed by atoms with E-state index < -0.39 is 36.2 Å². The van der Waals surface area contributed by atoms with E-state index in [0.717, 1.165) is 23.3 Å². The smallest absolute Gasteiger partial charge is 0.190 e. The molecule has 0 saturated carbocycles. The molecule has 4 rings (SSSR count). The average Bonchev–Trinajstić information content (AvgIpc) is 2.81. The van der Waals surface area contributed by atoms with E-state index in [-0.39, 0.29) is 24.2 Å². The lowest BCUT2D eigenvalue weighted by Crippen LogP contribution is -2.24. The van der Waals surface area contributed by atoms with Crippen LogP contribution in [-0.4, -0.2) is 26.5 Å². The molecule has 7 heteroatoms. The van der Waals surface area contributed by atoms with Crippen LogP contribution < -0.4 is 4.74 Å². The highest BCUT2D eigenvalue weighted by molar-refractivity contribution is 5.71. The second-order valence-electron chi connectivity index (χ2n) is 8.08. The van der Waals surface area contributed by atoms with Gasteiger partial charge in [-0.05, 0) is 34.9 Å². The minimum absolute atomic E-state index is 0.0254. The van der Waals surface area contributed by atoms with E-state index in [1.54, 1.807) is 6.07 Å². The van der Waals surface area contributed by atoms with Gasteiger partial charge in [0.15, 0.2) is 23.7 Å². The summed E-state index contributed by atoms with van der Waals surface area (Å²) < 4.78 is 72.0. The Balaban J connectivity index is 1.52. The van der Waals surface area contributed by atoms with Crippen LogP contribution in [0.25, 0.3) is 22.3 Å². The van der Waals surface area contributed by atoms with Gasteiger partial charge in [0.1, 0.15) is 5.82 Å². The highest BCUT2D eigenvalue weighted by Gasteiger charge is 2.21. The maximum Gasteiger partial charge on any atom is 0.190 e. The maximum atomic E-state index is 14.9. The summed E-state index contributed by atoms with van der Waals surface area (Å²) in [7, 11) is 0. The van der Waals surface area contributed by atoms with Gasteiger partial charge in [-0.1, -0.05) is 43.3 Å². The van der Waals surface area contributed by atoms with Crippen LogP contribution in [0, 0.1) is 23.4 Å². The molecule has 0 amide bonds. The molecular formula is C26H24F4O3. The quantitative estimate of drug-likeness (QED) is 0.285. The van der Waals surface area contributed by atoms with Gasteiger partial charge < -0.3 is 14.2 Å². The molecular weight excluding hydrogens is 436 g/mol. The van der Waals surface area contributed by atoms with Crippen molar-refractivity contribution < 1.29 is 31.8 Å². The molecule has 0 atom stereocenters. The summed E-state index contributed by atoms with van der Waals surface area (Å²) in [5.74, 6) is -2.79. The standard InChI is InChI=1S/C26H24F4O3/c1-16-14-32-26(33-15-16)18-5-3-17(4-6-18)19-7-8-21(22(28)11-19)20-12-23(29)25(24(30)13-20)31-10-2-9-27/h3-8,11-13,16,26H,2,9-10,14-15H2,1H3. The Morgan fingerprint density at radius 2 is 1.42 bits per heavy atom. The molecule has 0 N–H and O–H groups in total. The number of hydrogen-bond acceptors (Lipinski definition) is 3. The highest BCUT2D eigenvalue weighted by atomic mass is 19.1. The van der Waals surface area contributed by atoms with E-state index in [9.17, 15) is 17.6 Å². The first-order valence-corrected chi connectivity index (χ1v) is 10.8. The summed E-state index contributed by atoms with van der Waals surface area (Å²) >= 11 is 0. The summed E-state index contributed by atoms with van der Waals surface area (Å²) in [5.41, 5.74) is 2.38. The molecule has 0 radical (unpaired) electrons. The first-order valence-electron chi connectivity index (χ1n) is 10.8. The molecule has 1 aliphatic heterocycles. The van der Waals surface area contributed by atoms with Crippen LogP contribution in [0.4, 0.5) is 17.6 Å². The fraction of sp³-hybridized carbons (Fsp3) is 0.308. The number of rotatable bonds is 7. The van der Waals surface area contributed by atoms with Gasteiger partial charge in [-0.15, -0.1) is 0 Å². The predicted molar refractivity (Wildman–Crippen MR) is 117 cm³/mol. The average molecular weight is 460 g/mol. The Morgan fingerprint density at radius 1 is 0.818 bits per heavy atom. The van der Waals surface area contributed by atoms with Crippen molar-refractivity contribution in [3.63, 3.8) is 0 Å². The minimum atomic E-state index is -0.968. The van der Waals surface area contributed by atoms with Crippen LogP contribution in [0.3, 0.4) is 0 Å². The molecule has 0 unspecified atom stereocenters. The molecule has 3 nitrogen and oxygen atoms in total. The molecule has 0 aliphatic carbocycles. The third-order valence-electron chi connectivity index (χ3n) is 5.38. The van der Waals surface area contributed by atoms with Crippen LogP contribution in [0.2, 0.25) is 0 Å². The summed E-state index contributed by atoms with van der Waals surface area (Å²) in [6, 6.07) is 13.9. The fourth-order valence-corrected chi connectivity index (χ4v) is 3.64. The van der Waals surface area contributed by atoms with E-state index in [2.05, 4.69) is 6.92 Å². The molecule has 3 aromatic carbocycles. The first kappa shape index (κ1) is 23.3. The SMILES string of the molecule is CC1COC(c2ccc(-c3ccc(-c4cc(F)c(OCCCF)c(F)c4)c(F)c3)cc2)OC1. The van der Waals surface area contributed by atoms with Gasteiger partial charge in [-0.3, -0.25) is 4.39 Å². The molecule has 0 spiro atoms. The van der Waals surface area contributed by atoms with Crippen molar-refractivity contribution in [1.29, 1.82) is 0 Å². The van der Waals surface area contributed by atoms with Crippen molar-refractivity contribution in [1.82, 2.24) is 0 Å². The first-order chi connectivity index (χ1) is 16.0. The van der Waals surface area contributed by atoms with Gasteiger partial charge in [-0.25, -0.2) is 13.2 Å². The zero-order valence-electron chi connectivity index (χ0n) is 18.1. The highest BCUT2D eigenvalue weighted by Crippen LogP contribution is 2.33. The van der Waals surface area contributed by atoms with Crippen molar-refractivity contribution in [3.05, 3.63) is 77.6 Å². The van der Waals surface area contributed by atoms with E-state index in [0.29, 0.717) is 24.7 Å². The topological polar surface area (TPSA) is 27.7 Å². The van der Waals surface area contributed by atoms with Crippen LogP contribution in [0.5, 0.6) is 5.75 Å². The van der Waals surface area contributed by atoms with E-state index in [1.165, 1.54) is 12.1 Å². The number of ether oxygens (including phenoxy) is 3. The largest absolute Gasteiger partial charge is 0.488 e. The molecule has 1 saturated heterocycles. The number of alkyl halides is 1. The van der Waals surface area contributed by atoms with E-state index in [4.69, 9.17) is 14.2 Å².